The Bertz CT molecular complexity index is 3570. The van der Waals surface area contributed by atoms with Gasteiger partial charge >= 0.3 is 23.9 Å². The number of esters is 1. The molecule has 4 rings (SSSR count). The molecule has 0 aliphatic heterocycles. The molecule has 0 saturated carbocycles. The van der Waals surface area contributed by atoms with Crippen molar-refractivity contribution in [2.24, 2.45) is 7.05 Å². The first-order valence-electron chi connectivity index (χ1n) is 31.7. The number of pyridine rings is 1. The molecule has 99 heavy (non-hydrogen) atoms. The van der Waals surface area contributed by atoms with Gasteiger partial charge < -0.3 is 74.3 Å². The van der Waals surface area contributed by atoms with Crippen LogP contribution in [0.3, 0.4) is 0 Å². The third-order valence-electron chi connectivity index (χ3n) is 14.8. The second kappa shape index (κ2) is 42.9. The van der Waals surface area contributed by atoms with Gasteiger partial charge in [0, 0.05) is 102 Å². The molecule has 3 atom stereocenters. The fraction of sp³-hybridized carbons (Fsp3) is 0.581. The number of ketones is 2. The summed E-state index contributed by atoms with van der Waals surface area (Å²) in [6, 6.07) is 4.40. The third kappa shape index (κ3) is 31.4. The van der Waals surface area contributed by atoms with E-state index in [1.165, 1.54) is 49.1 Å². The number of nitrogens with zero attached hydrogens (tertiary/aromatic N) is 5. The minimum absolute atomic E-state index is 0.00326. The molecule has 11 N–H and O–H groups in total. The second-order valence-corrected chi connectivity index (χ2v) is 26.4. The SMILES string of the molecule is COC(=O)CN(CC(N[C@@H](CS(=O)(=O)O)C(=O)NCCCOCCOCCOCCCNC(=O)CCCOc1cc(C)c(S(=O)(=O)N[C@@H](CCC(=O)c2cn(C)c3cc(CNc4ncc[nH]4)ccc3c2=O)C(=O)O)c(C)c1)OCN(CCN(CC(=O)O)CC(=O)CO)CC(=O)O)C(C)C. The first kappa shape index (κ1) is 83.5. The number of anilines is 1. The number of nitrogens with one attached hydrogen (secondary N) is 6. The number of Topliss-reactive ketones (excluding diaryl/α,β-unsaturated/α-hetero) is 2. The number of aliphatic hydroxyl groups is 1. The Morgan fingerprint density at radius 3 is 1.98 bits per heavy atom. The van der Waals surface area contributed by atoms with Gasteiger partial charge in [0.1, 0.15) is 37.4 Å². The lowest BCUT2D eigenvalue weighted by Crippen LogP contribution is -2.57. The minimum atomic E-state index is -4.81. The van der Waals surface area contributed by atoms with Crippen molar-refractivity contribution in [3.63, 3.8) is 0 Å². The molecule has 0 radical (unpaired) electrons. The van der Waals surface area contributed by atoms with Crippen molar-refractivity contribution < 1.29 is 109 Å². The zero-order valence-corrected chi connectivity index (χ0v) is 58.0. The summed E-state index contributed by atoms with van der Waals surface area (Å²) in [4.78, 5) is 123. The molecule has 0 spiro atoms. The van der Waals surface area contributed by atoms with Crippen LogP contribution in [0.2, 0.25) is 0 Å². The van der Waals surface area contributed by atoms with Gasteiger partial charge in [-0.3, -0.25) is 67.7 Å². The number of aromatic nitrogens is 3. The van der Waals surface area contributed by atoms with Crippen LogP contribution >= 0.6 is 0 Å². The highest BCUT2D eigenvalue weighted by atomic mass is 32.2. The second-order valence-electron chi connectivity index (χ2n) is 23.2. The standard InChI is InChI=1S/C62H93N11O24S2/c1-41(2)73(37-57(82)92-6)34-54(97-40-72(36-56(80)81)20-19-71(35-55(78)79)32-45(75)38-74)68-50(39-98(87,88)89)60(84)64-16-9-22-94-25-27-95-26-24-93-21-8-15-63-53(77)10-7-23-96-46-28-42(3)59(43(4)29-46)99(90,91)69-49(61(85)86)13-14-52(76)48-33-70(5)51-30-44(11-12-47(51)58(48)83)31-67-62-65-17-18-66-62/h11-12,17-18,28-30,33,41,49-50,54,68-69,74H,7-10,13-16,19-27,31-32,34-40H2,1-6H3,(H,63,77)(H,64,84)(H,78,79)(H,80,81)(H,85,86)(H2,65,66,67)(H,87,88,89)/t49-,50-,54?/m0/s1. The predicted octanol–water partition coefficient (Wildman–Crippen LogP) is -0.529. The average molecular weight is 1440 g/mol. The van der Waals surface area contributed by atoms with Gasteiger partial charge in [-0.05, 0) is 94.3 Å². The quantitative estimate of drug-likeness (QED) is 0.00870. The van der Waals surface area contributed by atoms with Crippen molar-refractivity contribution in [1.82, 2.24) is 49.9 Å². The minimum Gasteiger partial charge on any atom is -0.494 e. The number of aliphatic hydroxyl groups excluding tert-OH is 1. The van der Waals surface area contributed by atoms with Crippen LogP contribution in [0.4, 0.5) is 5.95 Å². The molecule has 0 aliphatic rings. The molecular formula is C62H93N11O24S2. The number of carboxylic acid groups (broad SMARTS) is 3. The van der Waals surface area contributed by atoms with E-state index in [4.69, 9.17) is 28.4 Å². The Morgan fingerprint density at radius 2 is 1.39 bits per heavy atom. The van der Waals surface area contributed by atoms with Crippen LogP contribution in [0.15, 0.2) is 58.6 Å². The molecule has 4 aromatic rings. The lowest BCUT2D eigenvalue weighted by molar-refractivity contribution is -0.145. The smallest absolute Gasteiger partial charge is 0.321 e. The van der Waals surface area contributed by atoms with Gasteiger partial charge in [0.05, 0.1) is 88.1 Å². The Labute approximate surface area is 573 Å². The van der Waals surface area contributed by atoms with E-state index >= 15 is 0 Å². The summed E-state index contributed by atoms with van der Waals surface area (Å²) in [5.41, 5.74) is 1.23. The molecule has 1 unspecified atom stereocenters. The summed E-state index contributed by atoms with van der Waals surface area (Å²) < 4.78 is 98.7. The number of fused-ring (bicyclic) bond motifs is 1. The number of rotatable bonds is 53. The maximum Gasteiger partial charge on any atom is 0.321 e. The van der Waals surface area contributed by atoms with Gasteiger partial charge in [-0.2, -0.15) is 13.1 Å². The van der Waals surface area contributed by atoms with Crippen molar-refractivity contribution in [2.45, 2.75) is 102 Å². The lowest BCUT2D eigenvalue weighted by atomic mass is 10.0. The van der Waals surface area contributed by atoms with Gasteiger partial charge in [-0.1, -0.05) is 6.07 Å². The average Bonchev–Trinajstić information content (AvgIpc) is 1.00. The number of hydrogen-bond acceptors (Lipinski definition) is 26. The molecule has 0 aliphatic carbocycles. The van der Waals surface area contributed by atoms with Crippen molar-refractivity contribution >= 4 is 84.3 Å². The summed E-state index contributed by atoms with van der Waals surface area (Å²) in [5.74, 6) is -7.41. The van der Waals surface area contributed by atoms with E-state index in [1.54, 1.807) is 61.0 Å². The number of hydrogen-bond donors (Lipinski definition) is 11. The van der Waals surface area contributed by atoms with Crippen molar-refractivity contribution in [3.05, 3.63) is 81.4 Å². The summed E-state index contributed by atoms with van der Waals surface area (Å²) in [5, 5.41) is 49.7. The number of ether oxygens (including phenoxy) is 6. The van der Waals surface area contributed by atoms with Gasteiger partial charge in [0.2, 0.25) is 21.8 Å². The summed E-state index contributed by atoms with van der Waals surface area (Å²) >= 11 is 0. The van der Waals surface area contributed by atoms with Crippen LogP contribution in [0, 0.1) is 13.8 Å². The summed E-state index contributed by atoms with van der Waals surface area (Å²) in [6.07, 6.45) is 3.70. The number of aliphatic carboxylic acids is 3. The number of aryl methyl sites for hydroxylation is 3. The number of carbonyl (C=O) groups is 8. The van der Waals surface area contributed by atoms with E-state index in [1.807, 2.05) is 0 Å². The number of amides is 2. The Kier molecular flexibility index (Phi) is 36.2. The van der Waals surface area contributed by atoms with Crippen molar-refractivity contribution in [3.8, 4) is 5.75 Å². The predicted molar refractivity (Wildman–Crippen MR) is 356 cm³/mol. The number of carbonyl (C=O) groups excluding carboxylic acids is 5. The number of imidazole rings is 1. The van der Waals surface area contributed by atoms with Crippen LogP contribution in [-0.4, -0.2) is 274 Å². The maximum absolute atomic E-state index is 13.7. The lowest BCUT2D eigenvalue weighted by Gasteiger charge is -2.33. The molecule has 2 amide bonds. The van der Waals surface area contributed by atoms with Crippen LogP contribution in [0.1, 0.15) is 79.4 Å². The normalized spacial score (nSPS) is 12.8. The van der Waals surface area contributed by atoms with E-state index in [2.05, 4.69) is 36.0 Å². The largest absolute Gasteiger partial charge is 0.494 e. The summed E-state index contributed by atoms with van der Waals surface area (Å²) in [6.45, 7) is 4.84. The maximum atomic E-state index is 13.7. The number of benzene rings is 2. The first-order chi connectivity index (χ1) is 46.9. The number of methoxy groups -OCH3 is 1. The highest BCUT2D eigenvalue weighted by Gasteiger charge is 2.32. The van der Waals surface area contributed by atoms with Crippen LogP contribution in [0.5, 0.6) is 5.75 Å². The van der Waals surface area contributed by atoms with Crippen LogP contribution < -0.4 is 36.2 Å². The molecular weight excluding hydrogens is 1350 g/mol. The van der Waals surface area contributed by atoms with E-state index in [0.29, 0.717) is 49.8 Å². The number of sulfonamides is 1. The zero-order valence-electron chi connectivity index (χ0n) is 56.4. The highest BCUT2D eigenvalue weighted by Crippen LogP contribution is 2.27. The van der Waals surface area contributed by atoms with Crippen molar-refractivity contribution in [2.75, 3.05) is 137 Å². The number of carboxylic acids is 3. The molecule has 0 fully saturated rings. The molecule has 2 aromatic carbocycles. The topological polar surface area (TPSA) is 482 Å². The van der Waals surface area contributed by atoms with Gasteiger partial charge in [0.25, 0.3) is 10.1 Å². The molecule has 2 aromatic heterocycles. The van der Waals surface area contributed by atoms with Crippen molar-refractivity contribution in [1.29, 1.82) is 0 Å². The molecule has 35 nitrogen and oxygen atoms in total. The van der Waals surface area contributed by atoms with E-state index in [-0.39, 0.29) is 124 Å². The molecule has 0 bridgehead atoms. The van der Waals surface area contributed by atoms with Gasteiger partial charge in [0.15, 0.2) is 22.9 Å². The van der Waals surface area contributed by atoms with Crippen LogP contribution in [0.25, 0.3) is 10.9 Å². The molecule has 552 valence electrons. The third-order valence-corrected chi connectivity index (χ3v) is 17.4. The number of H-pyrrole nitrogens is 1. The molecule has 2 heterocycles. The van der Waals surface area contributed by atoms with Gasteiger partial charge in [-0.15, -0.1) is 0 Å². The fourth-order valence-electron chi connectivity index (χ4n) is 9.91. The summed E-state index contributed by atoms with van der Waals surface area (Å²) in [7, 11) is -6.42. The zero-order chi connectivity index (χ0) is 73.2. The Balaban J connectivity index is 1.11. The van der Waals surface area contributed by atoms with Crippen LogP contribution in [-0.2, 0) is 91.0 Å². The van der Waals surface area contributed by atoms with E-state index < -0.39 is 137 Å². The van der Waals surface area contributed by atoms with Gasteiger partial charge in [-0.25, -0.2) is 13.4 Å². The Morgan fingerprint density at radius 1 is 0.768 bits per heavy atom. The highest BCUT2D eigenvalue weighted by molar-refractivity contribution is 7.89. The first-order valence-corrected chi connectivity index (χ1v) is 34.8. The molecule has 37 heteroatoms. The van der Waals surface area contributed by atoms with E-state index in [0.717, 1.165) is 5.56 Å². The monoisotopic (exact) mass is 1440 g/mol. The van der Waals surface area contributed by atoms with E-state index in [9.17, 15) is 85.0 Å². The fourth-order valence-corrected chi connectivity index (χ4v) is 12.3. The Hall–Kier alpha value is -7.92. The number of aromatic amines is 1. The molecule has 0 saturated heterocycles.